The average Bonchev–Trinajstić information content (AvgIpc) is 2.23. The van der Waals surface area contributed by atoms with Gasteiger partial charge in [-0.15, -0.1) is 5.56 Å². The molecule has 6 heteroatoms. The van der Waals surface area contributed by atoms with Gasteiger partial charge >= 0.3 is 37.4 Å². The Bertz CT molecular complexity index is 528. The van der Waals surface area contributed by atoms with Crippen LogP contribution in [0.25, 0.3) is 0 Å². The first-order valence-corrected chi connectivity index (χ1v) is 8.95. The van der Waals surface area contributed by atoms with Crippen LogP contribution in [0.2, 0.25) is 0 Å². The fraction of sp³-hybridized carbons (Fsp3) is 0.647. The van der Waals surface area contributed by atoms with Crippen LogP contribution in [-0.4, -0.2) is 14.7 Å². The summed E-state index contributed by atoms with van der Waals surface area (Å²) in [5.74, 6) is 0.569. The Kier molecular flexibility index (Phi) is 10.2. The first-order valence-electron chi connectivity index (χ1n) is 7.39. The van der Waals surface area contributed by atoms with Gasteiger partial charge in [0.2, 0.25) is 0 Å². The third-order valence-electron chi connectivity index (χ3n) is 3.15. The Morgan fingerprint density at radius 2 is 1.39 bits per heavy atom. The van der Waals surface area contributed by atoms with Crippen molar-refractivity contribution < 1.29 is 48.8 Å². The van der Waals surface area contributed by atoms with Crippen molar-refractivity contribution in [2.75, 3.05) is 0 Å². The molecule has 0 amide bonds. The largest absolute Gasteiger partial charge is 1.00 e. The maximum absolute atomic E-state index is 8.88. The van der Waals surface area contributed by atoms with Gasteiger partial charge in [-0.3, -0.25) is 0 Å². The molecule has 1 aromatic rings. The van der Waals surface area contributed by atoms with E-state index in [2.05, 4.69) is 73.6 Å². The fourth-order valence-electron chi connectivity index (χ4n) is 2.40. The van der Waals surface area contributed by atoms with E-state index in [0.717, 1.165) is 0 Å². The first-order chi connectivity index (χ1) is 9.55. The molecule has 0 heterocycles. The van der Waals surface area contributed by atoms with Gasteiger partial charge in [0.1, 0.15) is 0 Å². The van der Waals surface area contributed by atoms with Crippen molar-refractivity contribution in [3.8, 4) is 0 Å². The Hall–Kier alpha value is 0.330. The molecule has 4 nitrogen and oxygen atoms in total. The summed E-state index contributed by atoms with van der Waals surface area (Å²) in [7, 11) is -4.64. The van der Waals surface area contributed by atoms with E-state index in [-0.39, 0.29) is 40.4 Å². The molecule has 0 radical (unpaired) electrons. The summed E-state index contributed by atoms with van der Waals surface area (Å²) >= 11 is 0. The van der Waals surface area contributed by atoms with Gasteiger partial charge in [-0.05, 0) is 11.3 Å². The second-order valence-corrected chi connectivity index (χ2v) is 8.88. The molecule has 1 aromatic carbocycles. The fourth-order valence-corrected chi connectivity index (χ4v) is 2.40. The second-order valence-electron chi connectivity index (χ2n) is 7.85. The van der Waals surface area contributed by atoms with Crippen molar-refractivity contribution in [3.63, 3.8) is 0 Å². The average molecular weight is 352 g/mol. The molecule has 23 heavy (non-hydrogen) atoms. The van der Waals surface area contributed by atoms with Gasteiger partial charge in [-0.2, -0.15) is 29.3 Å². The minimum atomic E-state index is -4.64. The zero-order valence-electron chi connectivity index (χ0n) is 15.9. The predicted octanol–water partition coefficient (Wildman–Crippen LogP) is 1.28. The van der Waals surface area contributed by atoms with E-state index >= 15 is 0 Å². The number of rotatable bonds is 1. The molecule has 0 saturated heterocycles. The normalized spacial score (nSPS) is 12.3. The third-order valence-corrected chi connectivity index (χ3v) is 3.15. The molecule has 0 aromatic heterocycles. The van der Waals surface area contributed by atoms with Crippen molar-refractivity contribution in [2.24, 2.45) is 0 Å². The number of benzene rings is 1. The third kappa shape index (κ3) is 10.0. The van der Waals surface area contributed by atoms with Crippen LogP contribution in [0.1, 0.15) is 78.0 Å². The van der Waals surface area contributed by atoms with Crippen molar-refractivity contribution >= 4 is 7.82 Å². The summed E-state index contributed by atoms with van der Waals surface area (Å²) in [5.41, 5.74) is 4.67. The van der Waals surface area contributed by atoms with Gasteiger partial charge in [0.25, 0.3) is 0 Å². The van der Waals surface area contributed by atoms with Crippen molar-refractivity contribution in [1.29, 1.82) is 0 Å². The van der Waals surface area contributed by atoms with Crippen molar-refractivity contribution in [3.05, 3.63) is 34.9 Å². The Balaban J connectivity index is 0. The van der Waals surface area contributed by atoms with Crippen LogP contribution in [0.15, 0.2) is 12.1 Å². The number of phosphoric acid groups is 1. The Morgan fingerprint density at radius 1 is 1.00 bits per heavy atom. The molecule has 0 aliphatic carbocycles. The minimum absolute atomic E-state index is 0. The van der Waals surface area contributed by atoms with Crippen LogP contribution in [0.5, 0.6) is 0 Å². The van der Waals surface area contributed by atoms with E-state index in [0.29, 0.717) is 5.92 Å². The molecule has 0 aliphatic rings. The van der Waals surface area contributed by atoms with Gasteiger partial charge < -0.3 is 14.7 Å². The van der Waals surface area contributed by atoms with Gasteiger partial charge in [0, 0.05) is 0 Å². The molecular weight excluding hydrogens is 322 g/mol. The van der Waals surface area contributed by atoms with Crippen LogP contribution in [0.3, 0.4) is 0 Å². The van der Waals surface area contributed by atoms with Crippen LogP contribution < -0.4 is 29.6 Å². The van der Waals surface area contributed by atoms with Gasteiger partial charge in [0.05, 0.1) is 0 Å². The van der Waals surface area contributed by atoms with Gasteiger partial charge in [-0.25, -0.2) is 4.57 Å². The summed E-state index contributed by atoms with van der Waals surface area (Å²) in [6, 6.07) is 7.80. The summed E-state index contributed by atoms with van der Waals surface area (Å²) in [6.45, 7) is 18.3. The van der Waals surface area contributed by atoms with E-state index < -0.39 is 7.82 Å². The molecular formula is C17H30NaO4P. The van der Waals surface area contributed by atoms with Gasteiger partial charge in [0.15, 0.2) is 0 Å². The quantitative estimate of drug-likeness (QED) is 0.404. The summed E-state index contributed by atoms with van der Waals surface area (Å²) in [5, 5.41) is 0. The molecule has 3 N–H and O–H groups in total. The monoisotopic (exact) mass is 352 g/mol. The zero-order chi connectivity index (χ0) is 17.9. The summed E-state index contributed by atoms with van der Waals surface area (Å²) in [6.07, 6.45) is 0. The van der Waals surface area contributed by atoms with Gasteiger partial charge in [-0.1, -0.05) is 60.8 Å². The number of hydrogen-bond acceptors (Lipinski definition) is 1. The maximum Gasteiger partial charge on any atom is 1.00 e. The van der Waals surface area contributed by atoms with E-state index in [9.17, 15) is 0 Å². The topological polar surface area (TPSA) is 77.8 Å². The van der Waals surface area contributed by atoms with E-state index in [1.807, 2.05) is 0 Å². The molecule has 128 valence electrons. The number of hydrogen-bond donors (Lipinski definition) is 3. The van der Waals surface area contributed by atoms with Crippen LogP contribution in [0, 0.1) is 6.07 Å². The zero-order valence-corrected chi connectivity index (χ0v) is 18.8. The minimum Gasteiger partial charge on any atom is -0.303 e. The maximum atomic E-state index is 8.88. The van der Waals surface area contributed by atoms with Crippen molar-refractivity contribution in [2.45, 2.75) is 72.1 Å². The second kappa shape index (κ2) is 9.15. The molecule has 0 bridgehead atoms. The Morgan fingerprint density at radius 3 is 1.65 bits per heavy atom. The molecule has 0 aliphatic heterocycles. The predicted molar refractivity (Wildman–Crippen MR) is 91.0 cm³/mol. The molecule has 1 rings (SSSR count). The molecule has 0 spiro atoms. The first kappa shape index (κ1) is 25.6. The van der Waals surface area contributed by atoms with E-state index in [1.165, 1.54) is 16.7 Å². The van der Waals surface area contributed by atoms with E-state index in [4.69, 9.17) is 19.2 Å². The van der Waals surface area contributed by atoms with Crippen LogP contribution >= 0.6 is 7.82 Å². The standard InChI is InChI=1S/C17H27.Na.H3O4P/c1-12(2)13-10-9-11-14(16(3,4)5)15(13)17(6,7)8;;1-5(2,3)4/h9-10,12H,1-8H3;;(H3,1,2,3,4)/q-1;+1;. The molecule has 0 atom stereocenters. The molecule has 0 saturated carbocycles. The SMILES string of the molecule is CC(C)c1cc[c-]c(C(C)(C)C)c1C(C)(C)C.O=P(O)(O)O.[Na+]. The van der Waals surface area contributed by atoms with Crippen molar-refractivity contribution in [1.82, 2.24) is 0 Å². The summed E-state index contributed by atoms with van der Waals surface area (Å²) < 4.78 is 8.88. The van der Waals surface area contributed by atoms with Crippen LogP contribution in [-0.2, 0) is 15.4 Å². The smallest absolute Gasteiger partial charge is 0.303 e. The summed E-state index contributed by atoms with van der Waals surface area (Å²) in [4.78, 5) is 21.6. The molecule has 0 unspecified atom stereocenters. The van der Waals surface area contributed by atoms with E-state index in [1.54, 1.807) is 0 Å². The van der Waals surface area contributed by atoms with Crippen LogP contribution in [0.4, 0.5) is 0 Å². The molecule has 0 fully saturated rings. The Labute approximate surface area is 163 Å².